The van der Waals surface area contributed by atoms with Gasteiger partial charge in [0.25, 0.3) is 5.91 Å². The van der Waals surface area contributed by atoms with Crippen molar-refractivity contribution in [3.63, 3.8) is 0 Å². The Kier molecular flexibility index (Phi) is 6.39. The van der Waals surface area contributed by atoms with Gasteiger partial charge in [-0.1, -0.05) is 24.6 Å². The van der Waals surface area contributed by atoms with Crippen molar-refractivity contribution in [3.8, 4) is 0 Å². The van der Waals surface area contributed by atoms with Gasteiger partial charge in [-0.15, -0.1) is 0 Å². The van der Waals surface area contributed by atoms with Crippen LogP contribution in [0.5, 0.6) is 0 Å². The summed E-state index contributed by atoms with van der Waals surface area (Å²) in [5.74, 6) is 0.0231. The van der Waals surface area contributed by atoms with Crippen molar-refractivity contribution in [2.75, 3.05) is 26.2 Å². The maximum absolute atomic E-state index is 13.0. The van der Waals surface area contributed by atoms with Gasteiger partial charge in [-0.25, -0.2) is 8.42 Å². The number of piperazine rings is 1. The molecular weight excluding hydrogens is 386 g/mol. The van der Waals surface area contributed by atoms with Gasteiger partial charge in [-0.05, 0) is 38.0 Å². The number of amides is 1. The summed E-state index contributed by atoms with van der Waals surface area (Å²) >= 11 is 0. The highest BCUT2D eigenvalue weighted by Crippen LogP contribution is 2.22. The smallest absolute Gasteiger partial charge is 0.288 e. The van der Waals surface area contributed by atoms with E-state index in [1.165, 1.54) is 9.87 Å². The van der Waals surface area contributed by atoms with Crippen LogP contribution in [0.3, 0.4) is 0 Å². The van der Waals surface area contributed by atoms with Gasteiger partial charge in [-0.2, -0.15) is 8.87 Å². The van der Waals surface area contributed by atoms with Crippen LogP contribution in [0.15, 0.2) is 41.4 Å². The molecule has 0 atom stereocenters. The Balaban J connectivity index is 1.66. The van der Waals surface area contributed by atoms with Crippen LogP contribution in [0, 0.1) is 20.8 Å². The van der Waals surface area contributed by atoms with Gasteiger partial charge in [-0.3, -0.25) is 4.79 Å². The molecule has 0 radical (unpaired) electrons. The molecule has 1 aromatic carbocycles. The molecule has 1 fully saturated rings. The summed E-state index contributed by atoms with van der Waals surface area (Å²) in [5.41, 5.74) is 4.02. The van der Waals surface area contributed by atoms with Gasteiger partial charge in [0.15, 0.2) is 11.9 Å². The maximum atomic E-state index is 13.0. The number of nitrogens with zero attached hydrogens (tertiary/aromatic N) is 3. The molecule has 1 aliphatic rings. The third-order valence-electron chi connectivity index (χ3n) is 5.57. The van der Waals surface area contributed by atoms with Crippen LogP contribution < -0.4 is 4.57 Å². The Morgan fingerprint density at radius 3 is 2.34 bits per heavy atom. The number of rotatable bonds is 5. The summed E-state index contributed by atoms with van der Waals surface area (Å²) in [6.45, 7) is 9.59. The molecule has 2 aromatic rings. The summed E-state index contributed by atoms with van der Waals surface area (Å²) in [5, 5.41) is 0. The second-order valence-electron chi connectivity index (χ2n) is 7.71. The normalized spacial score (nSPS) is 15.5. The van der Waals surface area contributed by atoms with Crippen molar-refractivity contribution in [1.82, 2.24) is 9.21 Å². The van der Waals surface area contributed by atoms with Crippen LogP contribution >= 0.6 is 0 Å². The molecule has 0 N–H and O–H groups in total. The van der Waals surface area contributed by atoms with E-state index < -0.39 is 10.0 Å². The number of carbonyl (C=O) groups excluding carboxylic acids is 1. The summed E-state index contributed by atoms with van der Waals surface area (Å²) in [4.78, 5) is 14.9. The zero-order chi connectivity index (χ0) is 21.2. The molecule has 0 spiro atoms. The molecule has 0 bridgehead atoms. The number of benzene rings is 1. The Labute approximate surface area is 173 Å². The number of hydrogen-bond donors (Lipinski definition) is 0. The highest BCUT2D eigenvalue weighted by Gasteiger charge is 2.32. The van der Waals surface area contributed by atoms with Crippen LogP contribution in [0.1, 0.15) is 29.3 Å². The summed E-state index contributed by atoms with van der Waals surface area (Å²) in [7, 11) is -3.54. The van der Waals surface area contributed by atoms with E-state index >= 15 is 0 Å². The molecule has 3 rings (SSSR count). The summed E-state index contributed by atoms with van der Waals surface area (Å²) in [6.07, 6.45) is 2.94. The number of pyridine rings is 1. The Hall–Kier alpha value is -2.25. The predicted octanol–water partition coefficient (Wildman–Crippen LogP) is 1.99. The molecule has 2 heterocycles. The monoisotopic (exact) mass is 416 g/mol. The van der Waals surface area contributed by atoms with Gasteiger partial charge in [0.2, 0.25) is 16.6 Å². The van der Waals surface area contributed by atoms with Crippen LogP contribution in [0.25, 0.3) is 0 Å². The number of carbonyl (C=O) groups is 1. The average Bonchev–Trinajstić information content (AvgIpc) is 2.69. The van der Waals surface area contributed by atoms with Crippen LogP contribution in [-0.4, -0.2) is 49.7 Å². The third kappa shape index (κ3) is 4.67. The molecule has 7 heteroatoms. The van der Waals surface area contributed by atoms with Gasteiger partial charge >= 0.3 is 0 Å². The first-order valence-electron chi connectivity index (χ1n) is 10.1. The summed E-state index contributed by atoms with van der Waals surface area (Å²) < 4.78 is 29.5. The molecule has 1 aliphatic heterocycles. The largest absolute Gasteiger partial charge is 0.335 e. The van der Waals surface area contributed by atoms with Gasteiger partial charge in [0, 0.05) is 44.7 Å². The minimum absolute atomic E-state index is 0.0231. The molecule has 29 heavy (non-hydrogen) atoms. The van der Waals surface area contributed by atoms with Crippen molar-refractivity contribution >= 4 is 15.9 Å². The van der Waals surface area contributed by atoms with E-state index in [0.29, 0.717) is 31.1 Å². The molecule has 6 nitrogen and oxygen atoms in total. The number of aryl methyl sites for hydroxylation is 4. The van der Waals surface area contributed by atoms with Crippen molar-refractivity contribution < 1.29 is 17.8 Å². The Morgan fingerprint density at radius 2 is 1.72 bits per heavy atom. The fourth-order valence-electron chi connectivity index (χ4n) is 3.70. The highest BCUT2D eigenvalue weighted by molar-refractivity contribution is 7.89. The minimum atomic E-state index is -3.54. The van der Waals surface area contributed by atoms with E-state index in [9.17, 15) is 13.2 Å². The predicted molar refractivity (Wildman–Crippen MR) is 112 cm³/mol. The maximum Gasteiger partial charge on any atom is 0.288 e. The first-order chi connectivity index (χ1) is 13.7. The topological polar surface area (TPSA) is 61.6 Å². The average molecular weight is 417 g/mol. The van der Waals surface area contributed by atoms with Gasteiger partial charge in [0.1, 0.15) is 0 Å². The molecule has 156 valence electrons. The molecule has 0 unspecified atom stereocenters. The van der Waals surface area contributed by atoms with E-state index in [2.05, 4.69) is 13.0 Å². The Morgan fingerprint density at radius 1 is 1.03 bits per heavy atom. The fraction of sp³-hybridized carbons (Fsp3) is 0.455. The van der Waals surface area contributed by atoms with Crippen LogP contribution in [0.4, 0.5) is 0 Å². The molecule has 1 saturated heterocycles. The third-order valence-corrected chi connectivity index (χ3v) is 7.63. The van der Waals surface area contributed by atoms with Crippen LogP contribution in [0.2, 0.25) is 0 Å². The van der Waals surface area contributed by atoms with Crippen molar-refractivity contribution in [2.45, 2.75) is 45.6 Å². The zero-order valence-corrected chi connectivity index (χ0v) is 18.5. The lowest BCUT2D eigenvalue weighted by Crippen LogP contribution is -2.54. The number of aromatic nitrogens is 1. The first kappa shape index (κ1) is 21.5. The molecular formula is C22H30N3O3S+. The first-order valence-corrected chi connectivity index (χ1v) is 11.5. The molecule has 0 aliphatic carbocycles. The number of hydrogen-bond acceptors (Lipinski definition) is 3. The quantitative estimate of drug-likeness (QED) is 0.701. The van der Waals surface area contributed by atoms with Gasteiger partial charge < -0.3 is 4.90 Å². The van der Waals surface area contributed by atoms with Crippen molar-refractivity contribution in [1.29, 1.82) is 0 Å². The second-order valence-corrected chi connectivity index (χ2v) is 9.62. The molecule has 0 saturated carbocycles. The Bertz CT molecular complexity index is 1010. The van der Waals surface area contributed by atoms with Crippen molar-refractivity contribution in [2.24, 2.45) is 0 Å². The fourth-order valence-corrected chi connectivity index (χ4v) is 5.33. The van der Waals surface area contributed by atoms with Crippen molar-refractivity contribution in [3.05, 3.63) is 58.9 Å². The lowest BCUT2D eigenvalue weighted by atomic mass is 10.2. The van der Waals surface area contributed by atoms with E-state index in [-0.39, 0.29) is 12.5 Å². The highest BCUT2D eigenvalue weighted by atomic mass is 32.2. The van der Waals surface area contributed by atoms with E-state index in [4.69, 9.17) is 0 Å². The molecule has 1 aromatic heterocycles. The zero-order valence-electron chi connectivity index (χ0n) is 17.7. The van der Waals surface area contributed by atoms with Crippen LogP contribution in [-0.2, 0) is 27.8 Å². The standard InChI is InChI=1S/C22H30N3O3S/c1-5-20-8-7-19(4)24(15-20)16-22(26)23-10-12-25(13-11-23)29(27,28)21-9-6-17(2)14-18(21)3/h6-9,14-15H,5,10-13,16H2,1-4H3/q+1. The van der Waals surface area contributed by atoms with E-state index in [1.54, 1.807) is 11.0 Å². The summed E-state index contributed by atoms with van der Waals surface area (Å²) in [6, 6.07) is 9.49. The lowest BCUT2D eigenvalue weighted by molar-refractivity contribution is -0.691. The van der Waals surface area contributed by atoms with Gasteiger partial charge in [0.05, 0.1) is 4.90 Å². The van der Waals surface area contributed by atoms with E-state index in [0.717, 1.165) is 23.2 Å². The molecule has 1 amide bonds. The number of sulfonamides is 1. The minimum Gasteiger partial charge on any atom is -0.335 e. The van der Waals surface area contributed by atoms with E-state index in [1.807, 2.05) is 49.7 Å². The lowest BCUT2D eigenvalue weighted by Gasteiger charge is -2.33. The second kappa shape index (κ2) is 8.63. The SMILES string of the molecule is CCc1ccc(C)[n+](CC(=O)N2CCN(S(=O)(=O)c3ccc(C)cc3C)CC2)c1.